The van der Waals surface area contributed by atoms with E-state index in [2.05, 4.69) is 39.9 Å². The molecule has 2 aromatic rings. The van der Waals surface area contributed by atoms with Crippen LogP contribution in [0.15, 0.2) is 173 Å². The maximum Gasteiger partial charge on any atom is 0.283 e. The first kappa shape index (κ1) is 34.7. The van der Waals surface area contributed by atoms with Gasteiger partial charge in [0.25, 0.3) is 11.9 Å². The van der Waals surface area contributed by atoms with Gasteiger partial charge in [-0.15, -0.1) is 0 Å². The first-order valence-electron chi connectivity index (χ1n) is 16.8. The van der Waals surface area contributed by atoms with Gasteiger partial charge in [0, 0.05) is 28.2 Å². The molecular formula is C42H28CoN8O4. The molecule has 0 saturated heterocycles. The maximum atomic E-state index is 9.62. The van der Waals surface area contributed by atoms with Gasteiger partial charge in [-0.05, 0) is 134 Å². The van der Waals surface area contributed by atoms with Crippen molar-refractivity contribution in [2.45, 2.75) is 0 Å². The molecule has 0 saturated carbocycles. The SMILES string of the molecule is OC(O)=c1cc2[nH]c1=CC1=NC(=CC3=NC(=CC4=NC(=C2)C=C4)C=C3)C=C1.OC(O)=c1cc2[nH]c1=CC1=NC(=CC3=NC(=CC4=NC(=C2)C=C4)C=C3)C=C1.[Co]. The van der Waals surface area contributed by atoms with Crippen molar-refractivity contribution >= 4 is 70.5 Å². The second-order valence-electron chi connectivity index (χ2n) is 12.7. The molecule has 12 nitrogen and oxygen atoms in total. The Bertz CT molecular complexity index is 2740. The fourth-order valence-electron chi connectivity index (χ4n) is 6.29. The third-order valence-electron chi connectivity index (χ3n) is 8.69. The molecule has 8 aliphatic heterocycles. The standard InChI is InChI=1S/2C21H14N4O2.Co/c2*26-21(27)19-10-18-9-16-4-3-14(23-16)7-12-1-2-13(22-12)8-15-5-6-17(24-15)11-20(19)25-18;/h2*1-11,25-27H;. The second kappa shape index (κ2) is 14.2. The smallest absolute Gasteiger partial charge is 0.283 e. The zero-order valence-corrected chi connectivity index (χ0v) is 29.5. The number of aliphatic imine (C=N–C) groups is 6. The predicted molar refractivity (Wildman–Crippen MR) is 214 cm³/mol. The van der Waals surface area contributed by atoms with Crippen molar-refractivity contribution in [3.63, 3.8) is 0 Å². The minimum atomic E-state index is -0.744. The van der Waals surface area contributed by atoms with E-state index in [-0.39, 0.29) is 16.8 Å². The Hall–Kier alpha value is -7.35. The van der Waals surface area contributed by atoms with E-state index in [4.69, 9.17) is 0 Å². The maximum absolute atomic E-state index is 9.62. The van der Waals surface area contributed by atoms with Crippen LogP contribution >= 0.6 is 0 Å². The normalized spacial score (nSPS) is 18.8. The third kappa shape index (κ3) is 7.59. The number of hydrogen-bond donors (Lipinski definition) is 6. The van der Waals surface area contributed by atoms with E-state index in [1.54, 1.807) is 24.3 Å². The van der Waals surface area contributed by atoms with Crippen molar-refractivity contribution < 1.29 is 37.2 Å². The monoisotopic (exact) mass is 767 g/mol. The van der Waals surface area contributed by atoms with E-state index in [0.717, 1.165) is 57.0 Å². The number of aliphatic hydroxyl groups excluding tert-OH is 2. The van der Waals surface area contributed by atoms with E-state index in [0.29, 0.717) is 43.9 Å². The number of H-pyrrole nitrogens is 2. The molecule has 8 aliphatic rings. The van der Waals surface area contributed by atoms with Gasteiger partial charge in [-0.2, -0.15) is 0 Å². The molecule has 13 heteroatoms. The molecule has 1 radical (unpaired) electrons. The molecule has 0 spiro atoms. The Morgan fingerprint density at radius 2 is 0.600 bits per heavy atom. The summed E-state index contributed by atoms with van der Waals surface area (Å²) in [6, 6.07) is 3.33. The van der Waals surface area contributed by atoms with Gasteiger partial charge in [0.05, 0.1) is 89.6 Å². The van der Waals surface area contributed by atoms with Crippen LogP contribution in [0.4, 0.5) is 0 Å². The van der Waals surface area contributed by atoms with Gasteiger partial charge >= 0.3 is 0 Å². The second-order valence-corrected chi connectivity index (χ2v) is 12.7. The average molecular weight is 768 g/mol. The summed E-state index contributed by atoms with van der Waals surface area (Å²) in [7, 11) is 0. The summed E-state index contributed by atoms with van der Waals surface area (Å²) in [5.74, 6) is -1.49. The van der Waals surface area contributed by atoms with Crippen molar-refractivity contribution in [1.82, 2.24) is 9.97 Å². The van der Waals surface area contributed by atoms with Gasteiger partial charge in [0.1, 0.15) is 0 Å². The molecule has 6 N–H and O–H groups in total. The van der Waals surface area contributed by atoms with Gasteiger partial charge in [0.2, 0.25) is 0 Å². The summed E-state index contributed by atoms with van der Waals surface area (Å²) >= 11 is 0. The molecule has 0 unspecified atom stereocenters. The third-order valence-corrected chi connectivity index (χ3v) is 8.69. The molecule has 0 atom stereocenters. The molecule has 16 bridgehead atoms. The van der Waals surface area contributed by atoms with Crippen LogP contribution < -0.4 is 21.1 Å². The predicted octanol–water partition coefficient (Wildman–Crippen LogP) is 4.26. The van der Waals surface area contributed by atoms with E-state index in [1.807, 2.05) is 109 Å². The number of rotatable bonds is 0. The van der Waals surface area contributed by atoms with E-state index >= 15 is 0 Å². The van der Waals surface area contributed by atoms with E-state index in [1.165, 1.54) is 0 Å². The van der Waals surface area contributed by atoms with Crippen molar-refractivity contribution in [2.24, 2.45) is 30.0 Å². The van der Waals surface area contributed by atoms with Crippen LogP contribution in [0.5, 0.6) is 0 Å². The average Bonchev–Trinajstić information content (AvgIpc) is 3.97. The Morgan fingerprint density at radius 3 is 0.873 bits per heavy atom. The number of aliphatic hydroxyl groups is 4. The van der Waals surface area contributed by atoms with Crippen molar-refractivity contribution in [3.05, 3.63) is 176 Å². The number of nitrogens with one attached hydrogen (secondary N) is 2. The van der Waals surface area contributed by atoms with E-state index in [9.17, 15) is 20.4 Å². The number of nitrogens with zero attached hydrogens (tertiary/aromatic N) is 6. The number of hydrogen-bond acceptors (Lipinski definition) is 10. The Kier molecular flexibility index (Phi) is 8.98. The van der Waals surface area contributed by atoms with Crippen LogP contribution in [0, 0.1) is 0 Å². The molecule has 0 aromatic carbocycles. The Labute approximate surface area is 322 Å². The van der Waals surface area contributed by atoms with Crippen molar-refractivity contribution in [3.8, 4) is 0 Å². The van der Waals surface area contributed by atoms with Gasteiger partial charge in [0.15, 0.2) is 0 Å². The van der Waals surface area contributed by atoms with Crippen LogP contribution in [0.2, 0.25) is 0 Å². The molecular weight excluding hydrogens is 739 g/mol. The molecule has 0 amide bonds. The number of aromatic nitrogens is 2. The summed E-state index contributed by atoms with van der Waals surface area (Å²) in [5.41, 5.74) is 10.8. The molecule has 55 heavy (non-hydrogen) atoms. The summed E-state index contributed by atoms with van der Waals surface area (Å²) in [6.45, 7) is 0. The first-order chi connectivity index (χ1) is 26.2. The first-order valence-corrected chi connectivity index (χ1v) is 16.8. The summed E-state index contributed by atoms with van der Waals surface area (Å²) in [5, 5.41) is 40.2. The molecule has 0 fully saturated rings. The number of allylic oxidation sites excluding steroid dienone is 16. The Morgan fingerprint density at radius 1 is 0.345 bits per heavy atom. The van der Waals surface area contributed by atoms with Crippen LogP contribution in [-0.4, -0.2) is 64.7 Å². The summed E-state index contributed by atoms with van der Waals surface area (Å²) in [4.78, 5) is 33.7. The zero-order valence-electron chi connectivity index (χ0n) is 28.5. The largest absolute Gasteiger partial charge is 0.481 e. The Balaban J connectivity index is 0.000000153. The fourth-order valence-corrected chi connectivity index (χ4v) is 6.29. The molecule has 2 aromatic heterocycles. The number of aromatic amines is 2. The summed E-state index contributed by atoms with van der Waals surface area (Å²) in [6.07, 6.45) is 37.8. The van der Waals surface area contributed by atoms with Crippen molar-refractivity contribution in [2.75, 3.05) is 0 Å². The molecule has 0 aliphatic carbocycles. The molecule has 10 rings (SSSR count). The van der Waals surface area contributed by atoms with Crippen LogP contribution in [0.25, 0.3) is 36.2 Å². The summed E-state index contributed by atoms with van der Waals surface area (Å²) < 4.78 is 0. The van der Waals surface area contributed by atoms with Gasteiger partial charge < -0.3 is 30.4 Å². The van der Waals surface area contributed by atoms with Crippen LogP contribution in [0.1, 0.15) is 11.4 Å². The van der Waals surface area contributed by atoms with Gasteiger partial charge in [-0.25, -0.2) is 30.0 Å². The van der Waals surface area contributed by atoms with Crippen molar-refractivity contribution in [1.29, 1.82) is 0 Å². The molecule has 10 heterocycles. The number of fused-ring (bicyclic) bond motifs is 10. The minimum absolute atomic E-state index is 0. The minimum Gasteiger partial charge on any atom is -0.481 e. The topological polar surface area (TPSA) is 187 Å². The van der Waals surface area contributed by atoms with Crippen LogP contribution in [0.3, 0.4) is 0 Å². The zero-order chi connectivity index (χ0) is 36.8. The van der Waals surface area contributed by atoms with Gasteiger partial charge in [-0.1, -0.05) is 0 Å². The van der Waals surface area contributed by atoms with E-state index < -0.39 is 11.9 Å². The quantitative estimate of drug-likeness (QED) is 0.234. The van der Waals surface area contributed by atoms with Gasteiger partial charge in [-0.3, -0.25) is 0 Å². The fraction of sp³-hybridized carbons (Fsp3) is 0. The van der Waals surface area contributed by atoms with Crippen LogP contribution in [-0.2, 0) is 16.8 Å². The molecule has 269 valence electrons.